The Labute approximate surface area is 150 Å². The van der Waals surface area contributed by atoms with Gasteiger partial charge in [0.15, 0.2) is 0 Å². The van der Waals surface area contributed by atoms with E-state index >= 15 is 0 Å². The normalized spacial score (nSPS) is 24.4. The van der Waals surface area contributed by atoms with Crippen LogP contribution in [0.1, 0.15) is 23.6 Å². The molecule has 0 aliphatic carbocycles. The lowest BCUT2D eigenvalue weighted by Crippen LogP contribution is -2.39. The highest BCUT2D eigenvalue weighted by Gasteiger charge is 2.55. The van der Waals surface area contributed by atoms with Crippen LogP contribution in [0, 0.1) is 0 Å². The third-order valence-electron chi connectivity index (χ3n) is 6.05. The summed E-state index contributed by atoms with van der Waals surface area (Å²) in [5.74, 6) is 0.0516. The molecule has 0 saturated carbocycles. The van der Waals surface area contributed by atoms with Gasteiger partial charge in [-0.15, -0.1) is 0 Å². The van der Waals surface area contributed by atoms with Crippen LogP contribution in [0.15, 0.2) is 47.3 Å². The second-order valence-electron chi connectivity index (χ2n) is 7.26. The summed E-state index contributed by atoms with van der Waals surface area (Å²) in [5.41, 5.74) is 4.12. The molecule has 6 heteroatoms. The molecule has 1 aromatic heterocycles. The molecule has 2 aliphatic heterocycles. The van der Waals surface area contributed by atoms with E-state index in [1.165, 1.54) is 0 Å². The zero-order chi connectivity index (χ0) is 18.1. The molecule has 0 bridgehead atoms. The number of amides is 1. The molecule has 132 valence electrons. The first kappa shape index (κ1) is 15.4. The fraction of sp³-hybridized carbons (Fsp3) is 0.300. The van der Waals surface area contributed by atoms with Crippen molar-refractivity contribution in [3.05, 3.63) is 64.1 Å². The predicted octanol–water partition coefficient (Wildman–Crippen LogP) is 1.80. The van der Waals surface area contributed by atoms with E-state index in [2.05, 4.69) is 10.6 Å². The third-order valence-corrected chi connectivity index (χ3v) is 6.05. The topological polar surface area (TPSA) is 68.1 Å². The van der Waals surface area contributed by atoms with Crippen LogP contribution in [0.3, 0.4) is 0 Å². The Hall–Kier alpha value is -2.86. The number of rotatable bonds is 1. The van der Waals surface area contributed by atoms with Crippen molar-refractivity contribution in [3.8, 4) is 0 Å². The number of nitrogens with one attached hydrogen (secondary N) is 2. The zero-order valence-electron chi connectivity index (χ0n) is 14.7. The van der Waals surface area contributed by atoms with Gasteiger partial charge in [-0.3, -0.25) is 13.9 Å². The minimum Gasteiger partial charge on any atom is -0.325 e. The Balaban J connectivity index is 1.71. The molecule has 1 spiro atoms. The number of imidazole rings is 1. The van der Waals surface area contributed by atoms with E-state index in [1.807, 2.05) is 42.5 Å². The average Bonchev–Trinajstić information content (AvgIpc) is 3.28. The summed E-state index contributed by atoms with van der Waals surface area (Å²) in [5, 5.41) is 6.58. The highest BCUT2D eigenvalue weighted by molar-refractivity contribution is 6.07. The Kier molecular flexibility index (Phi) is 3.01. The number of benzene rings is 2. The fourth-order valence-corrected chi connectivity index (χ4v) is 4.71. The van der Waals surface area contributed by atoms with Crippen molar-refractivity contribution in [1.82, 2.24) is 14.5 Å². The summed E-state index contributed by atoms with van der Waals surface area (Å²) < 4.78 is 3.30. The molecule has 2 aliphatic rings. The molecular weight excluding hydrogens is 328 g/mol. The lowest BCUT2D eigenvalue weighted by molar-refractivity contribution is -0.121. The largest absolute Gasteiger partial charge is 0.328 e. The van der Waals surface area contributed by atoms with E-state index in [0.29, 0.717) is 0 Å². The molecule has 26 heavy (non-hydrogen) atoms. The second-order valence-corrected chi connectivity index (χ2v) is 7.26. The fourth-order valence-electron chi connectivity index (χ4n) is 4.71. The average molecular weight is 348 g/mol. The van der Waals surface area contributed by atoms with Gasteiger partial charge in [0, 0.05) is 19.8 Å². The molecule has 6 nitrogen and oxygen atoms in total. The molecule has 1 fully saturated rings. The first-order valence-corrected chi connectivity index (χ1v) is 8.84. The Morgan fingerprint density at radius 3 is 2.65 bits per heavy atom. The quantitative estimate of drug-likeness (QED) is 0.705. The van der Waals surface area contributed by atoms with Crippen LogP contribution in [0.5, 0.6) is 0 Å². The summed E-state index contributed by atoms with van der Waals surface area (Å²) in [6, 6.07) is 13.9. The van der Waals surface area contributed by atoms with Crippen molar-refractivity contribution in [1.29, 1.82) is 0 Å². The number of hydrogen-bond acceptors (Lipinski definition) is 3. The summed E-state index contributed by atoms with van der Waals surface area (Å²) in [6.07, 6.45) is 0.756. The maximum Gasteiger partial charge on any atom is 0.328 e. The van der Waals surface area contributed by atoms with Gasteiger partial charge >= 0.3 is 5.69 Å². The Bertz CT molecular complexity index is 1130. The maximum absolute atomic E-state index is 13.0. The molecule has 3 heterocycles. The number of aryl methyl sites for hydroxylation is 2. The van der Waals surface area contributed by atoms with Gasteiger partial charge in [0.2, 0.25) is 5.91 Å². The van der Waals surface area contributed by atoms with Gasteiger partial charge in [0.25, 0.3) is 0 Å². The van der Waals surface area contributed by atoms with E-state index in [0.717, 1.165) is 40.8 Å². The first-order chi connectivity index (χ1) is 12.5. The van der Waals surface area contributed by atoms with Crippen molar-refractivity contribution in [3.63, 3.8) is 0 Å². The summed E-state index contributed by atoms with van der Waals surface area (Å²) in [4.78, 5) is 25.2. The monoisotopic (exact) mass is 348 g/mol. The minimum absolute atomic E-state index is 0.0461. The number of carbonyl (C=O) groups excluding carboxylic acids is 1. The summed E-state index contributed by atoms with van der Waals surface area (Å²) >= 11 is 0. The number of aromatic nitrogens is 2. The molecule has 0 radical (unpaired) electrons. The third kappa shape index (κ3) is 1.74. The second kappa shape index (κ2) is 5.08. The van der Waals surface area contributed by atoms with Crippen LogP contribution in [0.2, 0.25) is 0 Å². The van der Waals surface area contributed by atoms with E-state index in [-0.39, 0.29) is 17.6 Å². The molecule has 1 saturated heterocycles. The predicted molar refractivity (Wildman–Crippen MR) is 100 cm³/mol. The zero-order valence-corrected chi connectivity index (χ0v) is 14.7. The highest BCUT2D eigenvalue weighted by atomic mass is 16.2. The van der Waals surface area contributed by atoms with Gasteiger partial charge in [0.05, 0.1) is 22.5 Å². The van der Waals surface area contributed by atoms with E-state index in [9.17, 15) is 9.59 Å². The van der Waals surface area contributed by atoms with Crippen LogP contribution in [-0.2, 0) is 24.3 Å². The van der Waals surface area contributed by atoms with Crippen molar-refractivity contribution in [2.45, 2.75) is 17.9 Å². The van der Waals surface area contributed by atoms with E-state index in [4.69, 9.17) is 0 Å². The molecule has 3 aromatic rings. The molecule has 1 amide bonds. The van der Waals surface area contributed by atoms with Crippen molar-refractivity contribution in [2.75, 3.05) is 11.9 Å². The van der Waals surface area contributed by atoms with Crippen LogP contribution in [-0.4, -0.2) is 21.6 Å². The lowest BCUT2D eigenvalue weighted by Gasteiger charge is -2.29. The van der Waals surface area contributed by atoms with Gasteiger partial charge in [-0.1, -0.05) is 24.3 Å². The SMILES string of the molecule is Cn1c(=O)n(C)c2cc([C@H]3NCC[C@@]34C(=O)Nc3ccccc34)ccc21. The van der Waals surface area contributed by atoms with Gasteiger partial charge in [-0.25, -0.2) is 4.79 Å². The first-order valence-electron chi connectivity index (χ1n) is 8.84. The molecule has 0 unspecified atom stereocenters. The molecular formula is C20H20N4O2. The number of fused-ring (bicyclic) bond motifs is 3. The number of hydrogen-bond donors (Lipinski definition) is 2. The minimum atomic E-state index is -0.599. The molecule has 2 atom stereocenters. The van der Waals surface area contributed by atoms with Crippen molar-refractivity contribution >= 4 is 22.6 Å². The maximum atomic E-state index is 13.0. The number of nitrogens with zero attached hydrogens (tertiary/aromatic N) is 2. The van der Waals surface area contributed by atoms with E-state index < -0.39 is 5.41 Å². The van der Waals surface area contributed by atoms with Gasteiger partial charge in [-0.05, 0) is 42.3 Å². The van der Waals surface area contributed by atoms with Gasteiger partial charge in [0.1, 0.15) is 0 Å². The Morgan fingerprint density at radius 2 is 1.81 bits per heavy atom. The van der Waals surface area contributed by atoms with Crippen LogP contribution < -0.4 is 16.3 Å². The summed E-state index contributed by atoms with van der Waals surface area (Å²) in [6.45, 7) is 0.776. The lowest BCUT2D eigenvalue weighted by atomic mass is 9.73. The number of para-hydroxylation sites is 1. The summed E-state index contributed by atoms with van der Waals surface area (Å²) in [7, 11) is 3.56. The smallest absolute Gasteiger partial charge is 0.325 e. The van der Waals surface area contributed by atoms with Crippen molar-refractivity contribution < 1.29 is 4.79 Å². The Morgan fingerprint density at radius 1 is 1.04 bits per heavy atom. The standard InChI is InChI=1S/C20H20N4O2/c1-23-15-8-7-12(11-16(15)24(2)19(23)26)17-20(9-10-21-17)13-5-3-4-6-14(13)22-18(20)25/h3-8,11,17,21H,9-10H2,1-2H3,(H,22,25)/t17-,20+/m1/s1. The molecule has 2 N–H and O–H groups in total. The molecule has 5 rings (SSSR count). The molecule has 2 aromatic carbocycles. The van der Waals surface area contributed by atoms with Gasteiger partial charge < -0.3 is 10.6 Å². The van der Waals surface area contributed by atoms with Crippen LogP contribution in [0.25, 0.3) is 11.0 Å². The van der Waals surface area contributed by atoms with Crippen molar-refractivity contribution in [2.24, 2.45) is 14.1 Å². The number of carbonyl (C=O) groups is 1. The van der Waals surface area contributed by atoms with E-state index in [1.54, 1.807) is 23.2 Å². The highest BCUT2D eigenvalue weighted by Crippen LogP contribution is 2.51. The van der Waals surface area contributed by atoms with Gasteiger partial charge in [-0.2, -0.15) is 0 Å². The van der Waals surface area contributed by atoms with Crippen LogP contribution >= 0.6 is 0 Å². The number of anilines is 1. The van der Waals surface area contributed by atoms with Crippen LogP contribution in [0.4, 0.5) is 5.69 Å².